The summed E-state index contributed by atoms with van der Waals surface area (Å²) < 4.78 is 1.13. The Morgan fingerprint density at radius 1 is 1.25 bits per heavy atom. The van der Waals surface area contributed by atoms with Gasteiger partial charge in [-0.2, -0.15) is 0 Å². The SMILES string of the molecule is NC(CCN1CCN2CCCC2C1)c1ccccc1Br. The van der Waals surface area contributed by atoms with Crippen LogP contribution in [0.5, 0.6) is 0 Å². The van der Waals surface area contributed by atoms with E-state index in [1.54, 1.807) is 0 Å². The molecule has 2 atom stereocenters. The highest BCUT2D eigenvalue weighted by Gasteiger charge is 2.30. The van der Waals surface area contributed by atoms with Crippen LogP contribution in [-0.4, -0.2) is 48.6 Å². The minimum atomic E-state index is 0.132. The summed E-state index contributed by atoms with van der Waals surface area (Å²) in [6, 6.07) is 9.25. The van der Waals surface area contributed by atoms with E-state index in [0.29, 0.717) is 0 Å². The molecule has 1 aromatic rings. The Balaban J connectivity index is 1.51. The van der Waals surface area contributed by atoms with Crippen molar-refractivity contribution in [2.75, 3.05) is 32.7 Å². The van der Waals surface area contributed by atoms with Crippen molar-refractivity contribution in [3.05, 3.63) is 34.3 Å². The zero-order chi connectivity index (χ0) is 13.9. The van der Waals surface area contributed by atoms with Crippen molar-refractivity contribution in [1.29, 1.82) is 0 Å². The van der Waals surface area contributed by atoms with Gasteiger partial charge in [-0.25, -0.2) is 0 Å². The number of fused-ring (bicyclic) bond motifs is 1. The zero-order valence-electron chi connectivity index (χ0n) is 12.0. The topological polar surface area (TPSA) is 32.5 Å². The maximum atomic E-state index is 6.35. The first-order valence-corrected chi connectivity index (χ1v) is 8.50. The van der Waals surface area contributed by atoms with E-state index in [9.17, 15) is 0 Å². The van der Waals surface area contributed by atoms with Gasteiger partial charge in [-0.15, -0.1) is 0 Å². The van der Waals surface area contributed by atoms with E-state index >= 15 is 0 Å². The van der Waals surface area contributed by atoms with E-state index in [1.807, 2.05) is 6.07 Å². The van der Waals surface area contributed by atoms with Crippen molar-refractivity contribution < 1.29 is 0 Å². The molecule has 3 nitrogen and oxygen atoms in total. The molecular weight excluding hydrogens is 314 g/mol. The lowest BCUT2D eigenvalue weighted by atomic mass is 10.0. The summed E-state index contributed by atoms with van der Waals surface area (Å²) in [7, 11) is 0. The molecule has 2 saturated heterocycles. The van der Waals surface area contributed by atoms with Crippen LogP contribution in [0.1, 0.15) is 30.9 Å². The fourth-order valence-electron chi connectivity index (χ4n) is 3.51. The molecule has 2 aliphatic rings. The smallest absolute Gasteiger partial charge is 0.0318 e. The maximum absolute atomic E-state index is 6.35. The summed E-state index contributed by atoms with van der Waals surface area (Å²) in [5.74, 6) is 0. The average molecular weight is 338 g/mol. The number of nitrogens with two attached hydrogens (primary N) is 1. The first kappa shape index (κ1) is 14.5. The van der Waals surface area contributed by atoms with Crippen molar-refractivity contribution in [1.82, 2.24) is 9.80 Å². The summed E-state index contributed by atoms with van der Waals surface area (Å²) in [6.07, 6.45) is 3.80. The van der Waals surface area contributed by atoms with Crippen LogP contribution in [-0.2, 0) is 0 Å². The van der Waals surface area contributed by atoms with Gasteiger partial charge in [-0.3, -0.25) is 4.90 Å². The van der Waals surface area contributed by atoms with Gasteiger partial charge in [0.05, 0.1) is 0 Å². The number of benzene rings is 1. The van der Waals surface area contributed by atoms with Gasteiger partial charge < -0.3 is 10.6 Å². The molecule has 0 aliphatic carbocycles. The number of hydrogen-bond acceptors (Lipinski definition) is 3. The van der Waals surface area contributed by atoms with Crippen LogP contribution in [0.2, 0.25) is 0 Å². The van der Waals surface area contributed by atoms with E-state index in [1.165, 1.54) is 44.6 Å². The van der Waals surface area contributed by atoms with Crippen LogP contribution in [0.25, 0.3) is 0 Å². The van der Waals surface area contributed by atoms with Gasteiger partial charge in [0, 0.05) is 42.7 Å². The Morgan fingerprint density at radius 3 is 2.95 bits per heavy atom. The predicted molar refractivity (Wildman–Crippen MR) is 86.7 cm³/mol. The molecule has 20 heavy (non-hydrogen) atoms. The molecule has 3 rings (SSSR count). The quantitative estimate of drug-likeness (QED) is 0.916. The summed E-state index contributed by atoms with van der Waals surface area (Å²) in [5.41, 5.74) is 7.58. The van der Waals surface area contributed by atoms with Crippen molar-refractivity contribution >= 4 is 15.9 Å². The van der Waals surface area contributed by atoms with E-state index in [-0.39, 0.29) is 6.04 Å². The van der Waals surface area contributed by atoms with Crippen LogP contribution in [0.15, 0.2) is 28.7 Å². The third-order valence-corrected chi connectivity index (χ3v) is 5.45. The van der Waals surface area contributed by atoms with E-state index in [2.05, 4.69) is 43.9 Å². The second-order valence-corrected chi connectivity index (χ2v) is 6.90. The Kier molecular flexibility index (Phi) is 4.76. The third-order valence-electron chi connectivity index (χ3n) is 4.73. The Hall–Kier alpha value is -0.420. The highest BCUT2D eigenvalue weighted by Crippen LogP contribution is 2.25. The molecule has 110 valence electrons. The second-order valence-electron chi connectivity index (χ2n) is 6.05. The number of hydrogen-bond donors (Lipinski definition) is 1. The van der Waals surface area contributed by atoms with Gasteiger partial charge in [-0.1, -0.05) is 34.1 Å². The molecule has 0 spiro atoms. The number of piperazine rings is 1. The molecule has 2 aliphatic heterocycles. The lowest BCUT2D eigenvalue weighted by Crippen LogP contribution is -2.50. The molecule has 2 unspecified atom stereocenters. The molecule has 1 aromatic carbocycles. The Morgan fingerprint density at radius 2 is 2.10 bits per heavy atom. The molecule has 2 heterocycles. The van der Waals surface area contributed by atoms with Crippen molar-refractivity contribution in [2.24, 2.45) is 5.73 Å². The minimum Gasteiger partial charge on any atom is -0.324 e. The number of nitrogens with zero attached hydrogens (tertiary/aromatic N) is 2. The first-order chi connectivity index (χ1) is 9.74. The third kappa shape index (κ3) is 3.25. The Labute approximate surface area is 130 Å². The van der Waals surface area contributed by atoms with Gasteiger partial charge in [-0.05, 0) is 37.4 Å². The number of halogens is 1. The molecule has 4 heteroatoms. The van der Waals surface area contributed by atoms with Gasteiger partial charge in [0.1, 0.15) is 0 Å². The summed E-state index contributed by atoms with van der Waals surface area (Å²) in [6.45, 7) is 6.12. The van der Waals surface area contributed by atoms with Gasteiger partial charge >= 0.3 is 0 Å². The molecule has 0 bridgehead atoms. The van der Waals surface area contributed by atoms with Crippen LogP contribution in [0, 0.1) is 0 Å². The number of rotatable bonds is 4. The molecule has 2 fully saturated rings. The normalized spacial score (nSPS) is 25.6. The molecule has 0 aromatic heterocycles. The first-order valence-electron chi connectivity index (χ1n) is 7.70. The average Bonchev–Trinajstić information content (AvgIpc) is 2.92. The van der Waals surface area contributed by atoms with Gasteiger partial charge in [0.2, 0.25) is 0 Å². The molecular formula is C16H24BrN3. The standard InChI is InChI=1S/C16H24BrN3/c17-15-6-2-1-5-14(15)16(18)7-9-19-10-11-20-8-3-4-13(20)12-19/h1-2,5-6,13,16H,3-4,7-12,18H2. The van der Waals surface area contributed by atoms with Crippen molar-refractivity contribution in [3.63, 3.8) is 0 Å². The molecule has 0 radical (unpaired) electrons. The highest BCUT2D eigenvalue weighted by molar-refractivity contribution is 9.10. The predicted octanol–water partition coefficient (Wildman–Crippen LogP) is 2.62. The van der Waals surface area contributed by atoms with Crippen LogP contribution in [0.4, 0.5) is 0 Å². The maximum Gasteiger partial charge on any atom is 0.0318 e. The van der Waals surface area contributed by atoms with Crippen LogP contribution in [0.3, 0.4) is 0 Å². The summed E-state index contributed by atoms with van der Waals surface area (Å²) >= 11 is 3.60. The summed E-state index contributed by atoms with van der Waals surface area (Å²) in [4.78, 5) is 5.26. The van der Waals surface area contributed by atoms with Crippen molar-refractivity contribution in [2.45, 2.75) is 31.3 Å². The fourth-order valence-corrected chi connectivity index (χ4v) is 4.09. The molecule has 0 amide bonds. The van der Waals surface area contributed by atoms with Crippen molar-refractivity contribution in [3.8, 4) is 0 Å². The minimum absolute atomic E-state index is 0.132. The van der Waals surface area contributed by atoms with Gasteiger partial charge in [0.15, 0.2) is 0 Å². The largest absolute Gasteiger partial charge is 0.324 e. The van der Waals surface area contributed by atoms with Crippen LogP contribution >= 0.6 is 15.9 Å². The van der Waals surface area contributed by atoms with E-state index in [0.717, 1.165) is 23.5 Å². The monoisotopic (exact) mass is 337 g/mol. The van der Waals surface area contributed by atoms with E-state index < -0.39 is 0 Å². The van der Waals surface area contributed by atoms with Crippen LogP contribution < -0.4 is 5.73 Å². The second kappa shape index (κ2) is 6.56. The molecule has 2 N–H and O–H groups in total. The lowest BCUT2D eigenvalue weighted by molar-refractivity contribution is 0.102. The Bertz CT molecular complexity index is 451. The summed E-state index contributed by atoms with van der Waals surface area (Å²) in [5, 5.41) is 0. The fraction of sp³-hybridized carbons (Fsp3) is 0.625. The lowest BCUT2D eigenvalue weighted by Gasteiger charge is -2.37. The highest BCUT2D eigenvalue weighted by atomic mass is 79.9. The molecule has 0 saturated carbocycles. The van der Waals surface area contributed by atoms with E-state index in [4.69, 9.17) is 5.73 Å². The zero-order valence-corrected chi connectivity index (χ0v) is 13.6. The van der Waals surface area contributed by atoms with Gasteiger partial charge in [0.25, 0.3) is 0 Å².